The molecule has 1 aliphatic rings. The molecule has 2 heteroatoms. The van der Waals surface area contributed by atoms with Gasteiger partial charge in [0.15, 0.2) is 0 Å². The Bertz CT molecular complexity index is 344. The van der Waals surface area contributed by atoms with Gasteiger partial charge in [0, 0.05) is 4.88 Å². The minimum Gasteiger partial charge on any atom is -0.387 e. The molecule has 90 valence electrons. The number of aryl methyl sites for hydroxylation is 1. The van der Waals surface area contributed by atoms with E-state index >= 15 is 0 Å². The maximum absolute atomic E-state index is 10.4. The third-order valence-corrected chi connectivity index (χ3v) is 5.35. The highest BCUT2D eigenvalue weighted by atomic mass is 32.1. The van der Waals surface area contributed by atoms with Crippen LogP contribution in [0.25, 0.3) is 0 Å². The van der Waals surface area contributed by atoms with Gasteiger partial charge in [0.2, 0.25) is 0 Å². The van der Waals surface area contributed by atoms with Crippen molar-refractivity contribution in [3.63, 3.8) is 0 Å². The Morgan fingerprint density at radius 2 is 2.06 bits per heavy atom. The van der Waals surface area contributed by atoms with E-state index in [4.69, 9.17) is 0 Å². The fraction of sp³-hybridized carbons (Fsp3) is 0.714. The van der Waals surface area contributed by atoms with Crippen LogP contribution in [0.1, 0.15) is 49.7 Å². The predicted molar refractivity (Wildman–Crippen MR) is 69.7 cm³/mol. The van der Waals surface area contributed by atoms with Crippen molar-refractivity contribution in [1.82, 2.24) is 0 Å². The van der Waals surface area contributed by atoms with Crippen molar-refractivity contribution >= 4 is 11.3 Å². The zero-order chi connectivity index (χ0) is 11.7. The van der Waals surface area contributed by atoms with Crippen LogP contribution < -0.4 is 0 Å². The number of thiophene rings is 1. The van der Waals surface area contributed by atoms with E-state index in [1.807, 2.05) is 0 Å². The van der Waals surface area contributed by atoms with Gasteiger partial charge in [0.05, 0.1) is 6.10 Å². The summed E-state index contributed by atoms with van der Waals surface area (Å²) in [6.45, 7) is 6.76. The lowest BCUT2D eigenvalue weighted by molar-refractivity contribution is 0.0582. The zero-order valence-corrected chi connectivity index (χ0v) is 11.3. The number of hydrogen-bond donors (Lipinski definition) is 1. The lowest BCUT2D eigenvalue weighted by Crippen LogP contribution is -2.25. The van der Waals surface area contributed by atoms with Crippen LogP contribution in [0.5, 0.6) is 0 Å². The Labute approximate surface area is 103 Å². The zero-order valence-electron chi connectivity index (χ0n) is 10.4. The van der Waals surface area contributed by atoms with E-state index in [2.05, 4.69) is 32.2 Å². The molecule has 16 heavy (non-hydrogen) atoms. The van der Waals surface area contributed by atoms with Crippen molar-refractivity contribution in [2.75, 3.05) is 0 Å². The molecule has 0 saturated heterocycles. The normalized spacial score (nSPS) is 32.6. The van der Waals surface area contributed by atoms with Crippen molar-refractivity contribution < 1.29 is 5.11 Å². The predicted octanol–water partition coefficient (Wildman–Crippen LogP) is 4.16. The van der Waals surface area contributed by atoms with E-state index in [0.717, 1.165) is 11.8 Å². The van der Waals surface area contributed by atoms with Gasteiger partial charge >= 0.3 is 0 Å². The second-order valence-corrected chi connectivity index (χ2v) is 6.39. The Hall–Kier alpha value is -0.340. The number of aliphatic hydroxyl groups is 1. The molecule has 1 aromatic heterocycles. The maximum atomic E-state index is 10.4. The highest BCUT2D eigenvalue weighted by Gasteiger charge is 2.30. The number of rotatable bonds is 2. The van der Waals surface area contributed by atoms with Crippen molar-refractivity contribution in [3.05, 3.63) is 21.9 Å². The Kier molecular flexibility index (Phi) is 3.70. The quantitative estimate of drug-likeness (QED) is 0.820. The fourth-order valence-electron chi connectivity index (χ4n) is 2.78. The summed E-state index contributed by atoms with van der Waals surface area (Å²) in [6, 6.07) is 2.11. The largest absolute Gasteiger partial charge is 0.387 e. The van der Waals surface area contributed by atoms with Crippen LogP contribution in [0.3, 0.4) is 0 Å². The van der Waals surface area contributed by atoms with Crippen LogP contribution in [0, 0.1) is 24.7 Å². The second-order valence-electron chi connectivity index (χ2n) is 5.44. The molecule has 4 atom stereocenters. The molecule has 1 nitrogen and oxygen atoms in total. The van der Waals surface area contributed by atoms with Crippen molar-refractivity contribution in [3.8, 4) is 0 Å². The molecule has 1 saturated carbocycles. The van der Waals surface area contributed by atoms with Crippen LogP contribution in [0.15, 0.2) is 11.4 Å². The van der Waals surface area contributed by atoms with E-state index in [1.165, 1.54) is 29.7 Å². The molecular weight excluding hydrogens is 216 g/mol. The summed E-state index contributed by atoms with van der Waals surface area (Å²) in [4.78, 5) is 1.19. The molecule has 1 heterocycles. The molecule has 1 N–H and O–H groups in total. The van der Waals surface area contributed by atoms with Crippen LogP contribution in [0.2, 0.25) is 0 Å². The van der Waals surface area contributed by atoms with Crippen molar-refractivity contribution in [2.24, 2.45) is 17.8 Å². The maximum Gasteiger partial charge on any atom is 0.0912 e. The first kappa shape index (κ1) is 12.1. The van der Waals surface area contributed by atoms with Gasteiger partial charge in [-0.25, -0.2) is 0 Å². The fourth-order valence-corrected chi connectivity index (χ4v) is 3.78. The van der Waals surface area contributed by atoms with Gasteiger partial charge in [0.1, 0.15) is 0 Å². The highest BCUT2D eigenvalue weighted by Crippen LogP contribution is 2.41. The Morgan fingerprint density at radius 1 is 1.31 bits per heavy atom. The first-order chi connectivity index (χ1) is 7.59. The van der Waals surface area contributed by atoms with Crippen molar-refractivity contribution in [1.29, 1.82) is 0 Å². The SMILES string of the molecule is Cc1ccsc1C(O)C1CCC(C)C(C)C1. The summed E-state index contributed by atoms with van der Waals surface area (Å²) in [5.74, 6) is 2.06. The molecule has 1 aromatic rings. The molecular formula is C14H22OS. The molecule has 0 aliphatic heterocycles. The summed E-state index contributed by atoms with van der Waals surface area (Å²) < 4.78 is 0. The summed E-state index contributed by atoms with van der Waals surface area (Å²) >= 11 is 1.70. The van der Waals surface area contributed by atoms with E-state index in [9.17, 15) is 5.11 Å². The third kappa shape index (κ3) is 2.33. The topological polar surface area (TPSA) is 20.2 Å². The molecule has 4 unspecified atom stereocenters. The average molecular weight is 238 g/mol. The number of aliphatic hydroxyl groups excluding tert-OH is 1. The van der Waals surface area contributed by atoms with Gasteiger partial charge in [-0.05, 0) is 54.5 Å². The summed E-state index contributed by atoms with van der Waals surface area (Å²) in [5.41, 5.74) is 1.25. The van der Waals surface area contributed by atoms with Crippen LogP contribution in [-0.2, 0) is 0 Å². The van der Waals surface area contributed by atoms with Gasteiger partial charge in [-0.3, -0.25) is 0 Å². The average Bonchev–Trinajstić information content (AvgIpc) is 2.67. The van der Waals surface area contributed by atoms with E-state index < -0.39 is 0 Å². The molecule has 1 aliphatic carbocycles. The molecule has 0 spiro atoms. The lowest BCUT2D eigenvalue weighted by atomic mass is 9.73. The third-order valence-electron chi connectivity index (χ3n) is 4.26. The van der Waals surface area contributed by atoms with Gasteiger partial charge in [0.25, 0.3) is 0 Å². The van der Waals surface area contributed by atoms with Crippen LogP contribution >= 0.6 is 11.3 Å². The van der Waals surface area contributed by atoms with Gasteiger partial charge in [-0.1, -0.05) is 20.3 Å². The summed E-state index contributed by atoms with van der Waals surface area (Å²) in [5, 5.41) is 12.5. The standard InChI is InChI=1S/C14H22OS/c1-9-4-5-12(8-11(9)3)13(15)14-10(2)6-7-16-14/h6-7,9,11-13,15H,4-5,8H2,1-3H3. The highest BCUT2D eigenvalue weighted by molar-refractivity contribution is 7.10. The first-order valence-electron chi connectivity index (χ1n) is 6.31. The molecule has 0 amide bonds. The first-order valence-corrected chi connectivity index (χ1v) is 7.19. The molecule has 0 aromatic carbocycles. The molecule has 0 bridgehead atoms. The second kappa shape index (κ2) is 4.89. The molecule has 1 fully saturated rings. The van der Waals surface area contributed by atoms with E-state index in [1.54, 1.807) is 11.3 Å². The van der Waals surface area contributed by atoms with Crippen molar-refractivity contribution in [2.45, 2.75) is 46.1 Å². The van der Waals surface area contributed by atoms with E-state index in [-0.39, 0.29) is 6.10 Å². The Balaban J connectivity index is 2.06. The minimum atomic E-state index is -0.227. The molecule has 2 rings (SSSR count). The molecule has 0 radical (unpaired) electrons. The van der Waals surface area contributed by atoms with E-state index in [0.29, 0.717) is 5.92 Å². The van der Waals surface area contributed by atoms with Crippen LogP contribution in [0.4, 0.5) is 0 Å². The van der Waals surface area contributed by atoms with Crippen LogP contribution in [-0.4, -0.2) is 5.11 Å². The van der Waals surface area contributed by atoms with Gasteiger partial charge in [-0.2, -0.15) is 0 Å². The monoisotopic (exact) mass is 238 g/mol. The van der Waals surface area contributed by atoms with Gasteiger partial charge < -0.3 is 5.11 Å². The van der Waals surface area contributed by atoms with Gasteiger partial charge in [-0.15, -0.1) is 11.3 Å². The lowest BCUT2D eigenvalue weighted by Gasteiger charge is -2.34. The minimum absolute atomic E-state index is 0.227. The number of hydrogen-bond acceptors (Lipinski definition) is 2. The smallest absolute Gasteiger partial charge is 0.0912 e. The summed E-state index contributed by atoms with van der Waals surface area (Å²) in [7, 11) is 0. The summed E-state index contributed by atoms with van der Waals surface area (Å²) in [6.07, 6.45) is 3.41. The Morgan fingerprint density at radius 3 is 2.62 bits per heavy atom.